The van der Waals surface area contributed by atoms with Crippen molar-refractivity contribution >= 4 is 5.91 Å². The van der Waals surface area contributed by atoms with E-state index in [0.29, 0.717) is 18.9 Å². The highest BCUT2D eigenvalue weighted by molar-refractivity contribution is 5.76. The summed E-state index contributed by atoms with van der Waals surface area (Å²) in [5, 5.41) is 14.1. The lowest BCUT2D eigenvalue weighted by Gasteiger charge is -2.22. The van der Waals surface area contributed by atoms with Crippen molar-refractivity contribution < 1.29 is 4.79 Å². The third-order valence-corrected chi connectivity index (χ3v) is 3.35. The Bertz CT molecular complexity index is 384. The number of rotatable bonds is 5. The Balaban J connectivity index is 1.64. The van der Waals surface area contributed by atoms with Crippen molar-refractivity contribution in [2.45, 2.75) is 25.7 Å². The van der Waals surface area contributed by atoms with Crippen molar-refractivity contribution in [2.24, 2.45) is 13.0 Å². The second-order valence-corrected chi connectivity index (χ2v) is 4.87. The lowest BCUT2D eigenvalue weighted by molar-refractivity contribution is -0.122. The van der Waals surface area contributed by atoms with E-state index in [-0.39, 0.29) is 5.91 Å². The standard InChI is InChI=1S/C12H21N5O/c1-17-9-15-16-11(17)4-6-14-12(18)7-10-3-2-5-13-8-10/h9-10,13H,2-8H2,1H3,(H,14,18). The molecule has 1 fully saturated rings. The largest absolute Gasteiger partial charge is 0.356 e. The van der Waals surface area contributed by atoms with Crippen LogP contribution in [-0.4, -0.2) is 40.3 Å². The molecule has 0 spiro atoms. The number of hydrogen-bond acceptors (Lipinski definition) is 4. The van der Waals surface area contributed by atoms with Crippen LogP contribution >= 0.6 is 0 Å². The maximum atomic E-state index is 11.7. The van der Waals surface area contributed by atoms with Gasteiger partial charge in [0.1, 0.15) is 12.2 Å². The number of carbonyl (C=O) groups excluding carboxylic acids is 1. The Morgan fingerprint density at radius 3 is 3.22 bits per heavy atom. The fourth-order valence-electron chi connectivity index (χ4n) is 2.28. The molecular weight excluding hydrogens is 230 g/mol. The molecule has 1 aliphatic rings. The lowest BCUT2D eigenvalue weighted by Crippen LogP contribution is -2.34. The molecular formula is C12H21N5O. The van der Waals surface area contributed by atoms with E-state index in [9.17, 15) is 4.79 Å². The van der Waals surface area contributed by atoms with E-state index in [4.69, 9.17) is 0 Å². The molecule has 1 amide bonds. The molecule has 2 N–H and O–H groups in total. The lowest BCUT2D eigenvalue weighted by atomic mass is 9.96. The van der Waals surface area contributed by atoms with E-state index >= 15 is 0 Å². The summed E-state index contributed by atoms with van der Waals surface area (Å²) in [5.41, 5.74) is 0. The minimum atomic E-state index is 0.144. The quantitative estimate of drug-likeness (QED) is 0.764. The van der Waals surface area contributed by atoms with Crippen LogP contribution in [0.25, 0.3) is 0 Å². The van der Waals surface area contributed by atoms with Gasteiger partial charge in [-0.2, -0.15) is 0 Å². The number of hydrogen-bond donors (Lipinski definition) is 2. The summed E-state index contributed by atoms with van der Waals surface area (Å²) >= 11 is 0. The van der Waals surface area contributed by atoms with Crippen LogP contribution in [0.4, 0.5) is 0 Å². The van der Waals surface area contributed by atoms with Crippen LogP contribution in [0.5, 0.6) is 0 Å². The first-order valence-electron chi connectivity index (χ1n) is 6.56. The number of amides is 1. The predicted molar refractivity (Wildman–Crippen MR) is 67.9 cm³/mol. The molecule has 0 aliphatic carbocycles. The Morgan fingerprint density at radius 2 is 2.56 bits per heavy atom. The van der Waals surface area contributed by atoms with Gasteiger partial charge in [0.05, 0.1) is 0 Å². The van der Waals surface area contributed by atoms with Crippen LogP contribution in [0.15, 0.2) is 6.33 Å². The molecule has 0 radical (unpaired) electrons. The fourth-order valence-corrected chi connectivity index (χ4v) is 2.28. The van der Waals surface area contributed by atoms with Crippen LogP contribution in [-0.2, 0) is 18.3 Å². The molecule has 0 saturated carbocycles. The van der Waals surface area contributed by atoms with Gasteiger partial charge in [0, 0.05) is 26.4 Å². The minimum Gasteiger partial charge on any atom is -0.356 e. The monoisotopic (exact) mass is 251 g/mol. The van der Waals surface area contributed by atoms with Crippen molar-refractivity contribution in [3.63, 3.8) is 0 Å². The van der Waals surface area contributed by atoms with Gasteiger partial charge in [-0.15, -0.1) is 10.2 Å². The minimum absolute atomic E-state index is 0.144. The smallest absolute Gasteiger partial charge is 0.220 e. The molecule has 2 rings (SSSR count). The van der Waals surface area contributed by atoms with E-state index < -0.39 is 0 Å². The number of aromatic nitrogens is 3. The number of nitrogens with one attached hydrogen (secondary N) is 2. The molecule has 1 unspecified atom stereocenters. The molecule has 0 aromatic carbocycles. The first kappa shape index (κ1) is 13.0. The van der Waals surface area contributed by atoms with Crippen LogP contribution in [0.1, 0.15) is 25.1 Å². The van der Waals surface area contributed by atoms with E-state index in [1.807, 2.05) is 11.6 Å². The molecule has 6 nitrogen and oxygen atoms in total. The summed E-state index contributed by atoms with van der Waals surface area (Å²) in [7, 11) is 1.91. The van der Waals surface area contributed by atoms with E-state index in [2.05, 4.69) is 20.8 Å². The van der Waals surface area contributed by atoms with Gasteiger partial charge in [-0.1, -0.05) is 0 Å². The maximum absolute atomic E-state index is 11.7. The van der Waals surface area contributed by atoms with Crippen LogP contribution in [0.3, 0.4) is 0 Å². The highest BCUT2D eigenvalue weighted by Gasteiger charge is 2.16. The summed E-state index contributed by atoms with van der Waals surface area (Å²) < 4.78 is 1.87. The van der Waals surface area contributed by atoms with Crippen molar-refractivity contribution in [1.82, 2.24) is 25.4 Å². The van der Waals surface area contributed by atoms with Gasteiger partial charge in [-0.05, 0) is 31.8 Å². The molecule has 0 bridgehead atoms. The van der Waals surface area contributed by atoms with Crippen LogP contribution < -0.4 is 10.6 Å². The SMILES string of the molecule is Cn1cnnc1CCNC(=O)CC1CCCNC1. The Labute approximate surface area is 107 Å². The van der Waals surface area contributed by atoms with Crippen molar-refractivity contribution in [3.8, 4) is 0 Å². The van der Waals surface area contributed by atoms with Crippen molar-refractivity contribution in [2.75, 3.05) is 19.6 Å². The first-order chi connectivity index (χ1) is 8.75. The van der Waals surface area contributed by atoms with Gasteiger partial charge >= 0.3 is 0 Å². The zero-order valence-electron chi connectivity index (χ0n) is 10.9. The Kier molecular flexibility index (Phi) is 4.69. The third kappa shape index (κ3) is 3.80. The summed E-state index contributed by atoms with van der Waals surface area (Å²) in [6.07, 6.45) is 5.36. The normalized spacial score (nSPS) is 19.7. The highest BCUT2D eigenvalue weighted by atomic mass is 16.1. The summed E-state index contributed by atoms with van der Waals surface area (Å²) in [6, 6.07) is 0. The summed E-state index contributed by atoms with van der Waals surface area (Å²) in [5.74, 6) is 1.54. The molecule has 1 aromatic heterocycles. The number of nitrogens with zero attached hydrogens (tertiary/aromatic N) is 3. The van der Waals surface area contributed by atoms with Crippen molar-refractivity contribution in [1.29, 1.82) is 0 Å². The predicted octanol–water partition coefficient (Wildman–Crippen LogP) is -0.136. The molecule has 1 aliphatic heterocycles. The maximum Gasteiger partial charge on any atom is 0.220 e. The molecule has 6 heteroatoms. The first-order valence-corrected chi connectivity index (χ1v) is 6.56. The van der Waals surface area contributed by atoms with Gasteiger partial charge < -0.3 is 15.2 Å². The molecule has 18 heavy (non-hydrogen) atoms. The van der Waals surface area contributed by atoms with Gasteiger partial charge in [0.15, 0.2) is 0 Å². The Hall–Kier alpha value is -1.43. The van der Waals surface area contributed by atoms with Crippen LogP contribution in [0, 0.1) is 5.92 Å². The zero-order valence-corrected chi connectivity index (χ0v) is 10.9. The number of aryl methyl sites for hydroxylation is 1. The van der Waals surface area contributed by atoms with E-state index in [0.717, 1.165) is 31.8 Å². The number of carbonyl (C=O) groups is 1. The average Bonchev–Trinajstić information content (AvgIpc) is 2.76. The van der Waals surface area contributed by atoms with Crippen LogP contribution in [0.2, 0.25) is 0 Å². The zero-order chi connectivity index (χ0) is 12.8. The van der Waals surface area contributed by atoms with Gasteiger partial charge in [-0.3, -0.25) is 4.79 Å². The van der Waals surface area contributed by atoms with E-state index in [1.165, 1.54) is 6.42 Å². The topological polar surface area (TPSA) is 71.8 Å². The number of piperidine rings is 1. The fraction of sp³-hybridized carbons (Fsp3) is 0.750. The summed E-state index contributed by atoms with van der Waals surface area (Å²) in [4.78, 5) is 11.7. The second-order valence-electron chi connectivity index (χ2n) is 4.87. The third-order valence-electron chi connectivity index (χ3n) is 3.35. The van der Waals surface area contributed by atoms with Gasteiger partial charge in [-0.25, -0.2) is 0 Å². The van der Waals surface area contributed by atoms with Gasteiger partial charge in [0.2, 0.25) is 5.91 Å². The molecule has 2 heterocycles. The molecule has 1 aromatic rings. The van der Waals surface area contributed by atoms with Crippen molar-refractivity contribution in [3.05, 3.63) is 12.2 Å². The van der Waals surface area contributed by atoms with Gasteiger partial charge in [0.25, 0.3) is 0 Å². The average molecular weight is 251 g/mol. The molecule has 1 atom stereocenters. The second kappa shape index (κ2) is 6.49. The Morgan fingerprint density at radius 1 is 1.67 bits per heavy atom. The summed E-state index contributed by atoms with van der Waals surface area (Å²) in [6.45, 7) is 2.69. The molecule has 100 valence electrons. The highest BCUT2D eigenvalue weighted by Crippen LogP contribution is 2.13. The van der Waals surface area contributed by atoms with E-state index in [1.54, 1.807) is 6.33 Å². The molecule has 1 saturated heterocycles.